The predicted octanol–water partition coefficient (Wildman–Crippen LogP) is 9.07. The van der Waals surface area contributed by atoms with Crippen LogP contribution in [0, 0.1) is 23.5 Å². The number of aryl methyl sites for hydroxylation is 2. The van der Waals surface area contributed by atoms with Gasteiger partial charge in [-0.25, -0.2) is 18.4 Å². The van der Waals surface area contributed by atoms with Crippen molar-refractivity contribution >= 4 is 11.9 Å². The molecule has 0 bridgehead atoms. The summed E-state index contributed by atoms with van der Waals surface area (Å²) in [6.07, 6.45) is 6.49. The second-order valence-corrected chi connectivity index (χ2v) is 14.4. The molecule has 0 radical (unpaired) electrons. The van der Waals surface area contributed by atoms with Crippen LogP contribution in [0.2, 0.25) is 0 Å². The largest absolute Gasteiger partial charge is 0.493 e. The number of hydrogen-bond donors (Lipinski definition) is 2. The molecule has 0 saturated heterocycles. The minimum Gasteiger partial charge on any atom is -0.493 e. The van der Waals surface area contributed by atoms with E-state index in [-0.39, 0.29) is 44.8 Å². The number of benzene rings is 3. The number of esters is 2. The summed E-state index contributed by atoms with van der Waals surface area (Å²) in [6.45, 7) is 12.7. The van der Waals surface area contributed by atoms with Crippen molar-refractivity contribution in [3.8, 4) is 28.0 Å². The van der Waals surface area contributed by atoms with E-state index in [9.17, 15) is 19.8 Å². The Morgan fingerprint density at radius 2 is 1.28 bits per heavy atom. The van der Waals surface area contributed by atoms with E-state index in [1.807, 2.05) is 18.2 Å². The highest BCUT2D eigenvalue weighted by Gasteiger charge is 2.22. The van der Waals surface area contributed by atoms with E-state index in [2.05, 4.69) is 20.1 Å². The molecule has 0 atom stereocenters. The maximum Gasteiger partial charge on any atom is 0.333 e. The normalized spacial score (nSPS) is 15.6. The van der Waals surface area contributed by atoms with Gasteiger partial charge in [0.2, 0.25) is 0 Å². The van der Waals surface area contributed by atoms with Crippen molar-refractivity contribution in [2.45, 2.75) is 84.5 Å². The van der Waals surface area contributed by atoms with Crippen LogP contribution >= 0.6 is 0 Å². The van der Waals surface area contributed by atoms with Gasteiger partial charge in [0.1, 0.15) is 17.4 Å². The second-order valence-electron chi connectivity index (χ2n) is 14.4. The van der Waals surface area contributed by atoms with E-state index in [0.717, 1.165) is 42.4 Å². The summed E-state index contributed by atoms with van der Waals surface area (Å²) in [4.78, 5) is 24.0. The molecule has 4 rings (SSSR count). The Labute approximate surface area is 312 Å². The number of aliphatic hydroxyl groups excluding tert-OH is 2. The molecule has 1 aliphatic carbocycles. The van der Waals surface area contributed by atoms with E-state index in [0.29, 0.717) is 83.1 Å². The Morgan fingerprint density at radius 3 is 1.79 bits per heavy atom. The molecule has 0 aromatic heterocycles. The van der Waals surface area contributed by atoms with Crippen LogP contribution < -0.4 is 4.74 Å². The van der Waals surface area contributed by atoms with Crippen LogP contribution in [0.15, 0.2) is 72.8 Å². The fourth-order valence-corrected chi connectivity index (χ4v) is 6.67. The van der Waals surface area contributed by atoms with E-state index < -0.39 is 17.8 Å². The third-order valence-corrected chi connectivity index (χ3v) is 9.95. The monoisotopic (exact) mass is 732 g/mol. The van der Waals surface area contributed by atoms with E-state index in [1.54, 1.807) is 38.1 Å². The molecule has 0 amide bonds. The van der Waals surface area contributed by atoms with Crippen LogP contribution in [-0.2, 0) is 31.9 Å². The summed E-state index contributed by atoms with van der Waals surface area (Å²) in [5.41, 5.74) is 4.74. The minimum absolute atomic E-state index is 0.131. The quantitative estimate of drug-likeness (QED) is 0.0721. The number of halogens is 2. The van der Waals surface area contributed by atoms with Gasteiger partial charge < -0.3 is 24.4 Å². The lowest BCUT2D eigenvalue weighted by molar-refractivity contribution is -0.139. The van der Waals surface area contributed by atoms with Gasteiger partial charge in [0, 0.05) is 41.4 Å². The van der Waals surface area contributed by atoms with Crippen molar-refractivity contribution in [2.24, 2.45) is 11.8 Å². The molecule has 3 aromatic carbocycles. The Balaban J connectivity index is 1.66. The molecule has 0 heterocycles. The molecule has 0 aliphatic heterocycles. The molecule has 1 aliphatic rings. The second kappa shape index (κ2) is 20.2. The van der Waals surface area contributed by atoms with Gasteiger partial charge in [-0.1, -0.05) is 57.2 Å². The summed E-state index contributed by atoms with van der Waals surface area (Å²) < 4.78 is 48.6. The Morgan fingerprint density at radius 1 is 0.755 bits per heavy atom. The number of ether oxygens (including phenoxy) is 3. The molecule has 286 valence electrons. The number of rotatable bonds is 19. The van der Waals surface area contributed by atoms with Crippen molar-refractivity contribution < 1.29 is 42.8 Å². The molecule has 0 spiro atoms. The molecule has 9 heteroatoms. The summed E-state index contributed by atoms with van der Waals surface area (Å²) >= 11 is 0. The smallest absolute Gasteiger partial charge is 0.333 e. The van der Waals surface area contributed by atoms with Gasteiger partial charge in [-0.15, -0.1) is 0 Å². The number of hydrogen-bond acceptors (Lipinski definition) is 7. The van der Waals surface area contributed by atoms with Crippen molar-refractivity contribution in [2.75, 3.05) is 33.0 Å². The molecular formula is C44H54F2O7. The van der Waals surface area contributed by atoms with Crippen LogP contribution in [0.5, 0.6) is 5.75 Å². The highest BCUT2D eigenvalue weighted by molar-refractivity contribution is 5.87. The van der Waals surface area contributed by atoms with Crippen molar-refractivity contribution in [1.29, 1.82) is 0 Å². The lowest BCUT2D eigenvalue weighted by Crippen LogP contribution is -2.16. The molecule has 2 N–H and O–H groups in total. The third kappa shape index (κ3) is 11.8. The lowest BCUT2D eigenvalue weighted by atomic mass is 9.79. The zero-order valence-corrected chi connectivity index (χ0v) is 31.4. The van der Waals surface area contributed by atoms with E-state index in [4.69, 9.17) is 14.2 Å². The molecule has 0 unspecified atom stereocenters. The third-order valence-electron chi connectivity index (χ3n) is 9.95. The minimum atomic E-state index is -0.516. The Hall–Kier alpha value is -4.34. The highest BCUT2D eigenvalue weighted by atomic mass is 19.1. The zero-order chi connectivity index (χ0) is 38.5. The van der Waals surface area contributed by atoms with Crippen molar-refractivity contribution in [3.05, 3.63) is 101 Å². The van der Waals surface area contributed by atoms with Gasteiger partial charge in [-0.3, -0.25) is 0 Å². The standard InChI is InChI=1S/C44H54F2O7/c1-28(2)43(49)52-19-6-8-35-22-37(23-36(9-7-20-53-44(50)29(3)4)42(35)51-21-18-31(26-47)27-48)39-17-15-34(25-41(39)46)38-16-14-33(24-40(38)45)32-12-10-30(5)11-13-32/h14-17,22-25,30-32,47-48H,1,3,6-13,18-21,26-27H2,2,4-5H3. The van der Waals surface area contributed by atoms with Crippen LogP contribution in [0.25, 0.3) is 22.3 Å². The molecular weight excluding hydrogens is 678 g/mol. The van der Waals surface area contributed by atoms with Crippen LogP contribution in [0.4, 0.5) is 8.78 Å². The molecule has 7 nitrogen and oxygen atoms in total. The summed E-state index contributed by atoms with van der Waals surface area (Å²) in [5.74, 6) is -0.622. The zero-order valence-electron chi connectivity index (χ0n) is 31.4. The van der Waals surface area contributed by atoms with E-state index in [1.165, 1.54) is 6.07 Å². The van der Waals surface area contributed by atoms with Gasteiger partial charge in [0.15, 0.2) is 0 Å². The van der Waals surface area contributed by atoms with Gasteiger partial charge in [-0.05, 0) is 123 Å². The molecule has 53 heavy (non-hydrogen) atoms. The fraction of sp³-hybridized carbons (Fsp3) is 0.455. The SMILES string of the molecule is C=C(C)C(=O)OCCCc1cc(-c2ccc(-c3ccc(C4CCC(C)CC4)cc3F)cc2F)cc(CCCOC(=O)C(=C)C)c1OCCC(CO)CO. The number of carbonyl (C=O) groups is 2. The van der Waals surface area contributed by atoms with Crippen LogP contribution in [-0.4, -0.2) is 55.2 Å². The van der Waals surface area contributed by atoms with Gasteiger partial charge >= 0.3 is 11.9 Å². The van der Waals surface area contributed by atoms with E-state index >= 15 is 8.78 Å². The Kier molecular flexibility index (Phi) is 15.8. The number of carbonyl (C=O) groups excluding carboxylic acids is 2. The van der Waals surface area contributed by atoms with Crippen molar-refractivity contribution in [1.82, 2.24) is 0 Å². The lowest BCUT2D eigenvalue weighted by Gasteiger charge is -2.26. The summed E-state index contributed by atoms with van der Waals surface area (Å²) in [6, 6.07) is 13.7. The van der Waals surface area contributed by atoms with Crippen LogP contribution in [0.3, 0.4) is 0 Å². The molecule has 1 fully saturated rings. The topological polar surface area (TPSA) is 102 Å². The summed E-state index contributed by atoms with van der Waals surface area (Å²) in [5, 5.41) is 19.2. The average Bonchev–Trinajstić information content (AvgIpc) is 3.14. The highest BCUT2D eigenvalue weighted by Crippen LogP contribution is 2.39. The average molecular weight is 733 g/mol. The summed E-state index contributed by atoms with van der Waals surface area (Å²) in [7, 11) is 0. The first-order valence-electron chi connectivity index (χ1n) is 18.7. The predicted molar refractivity (Wildman–Crippen MR) is 204 cm³/mol. The first kappa shape index (κ1) is 41.4. The van der Waals surface area contributed by atoms with Gasteiger partial charge in [0.05, 0.1) is 19.8 Å². The van der Waals surface area contributed by atoms with Crippen molar-refractivity contribution in [3.63, 3.8) is 0 Å². The van der Waals surface area contributed by atoms with Crippen LogP contribution in [0.1, 0.15) is 88.3 Å². The molecule has 1 saturated carbocycles. The first-order chi connectivity index (χ1) is 25.4. The Bertz CT molecular complexity index is 1680. The maximum atomic E-state index is 16.1. The number of aliphatic hydroxyl groups is 2. The maximum absolute atomic E-state index is 16.1. The fourth-order valence-electron chi connectivity index (χ4n) is 6.67. The van der Waals surface area contributed by atoms with Gasteiger partial charge in [0.25, 0.3) is 0 Å². The molecule has 3 aromatic rings. The first-order valence-corrected chi connectivity index (χ1v) is 18.7. The van der Waals surface area contributed by atoms with Gasteiger partial charge in [-0.2, -0.15) is 0 Å².